The van der Waals surface area contributed by atoms with Gasteiger partial charge in [0.05, 0.1) is 17.7 Å². The van der Waals surface area contributed by atoms with E-state index in [4.69, 9.17) is 10.5 Å². The third-order valence-corrected chi connectivity index (χ3v) is 6.44. The predicted molar refractivity (Wildman–Crippen MR) is 142 cm³/mol. The Balaban J connectivity index is 1.60. The molecule has 0 saturated heterocycles. The van der Waals surface area contributed by atoms with E-state index in [1.807, 2.05) is 41.9 Å². The van der Waals surface area contributed by atoms with Crippen molar-refractivity contribution >= 4 is 23.6 Å². The minimum absolute atomic E-state index is 0.0256. The fourth-order valence-corrected chi connectivity index (χ4v) is 4.71. The Bertz CT molecular complexity index is 1430. The molecule has 3 aromatic rings. The maximum atomic E-state index is 13.2. The van der Waals surface area contributed by atoms with Crippen molar-refractivity contribution in [2.75, 3.05) is 0 Å². The Morgan fingerprint density at radius 2 is 1.84 bits per heavy atom. The predicted octanol–water partition coefficient (Wildman–Crippen LogP) is 3.89. The van der Waals surface area contributed by atoms with Crippen LogP contribution >= 0.6 is 0 Å². The summed E-state index contributed by atoms with van der Waals surface area (Å²) in [7, 11) is 1.88. The highest BCUT2D eigenvalue weighted by Crippen LogP contribution is 2.35. The highest BCUT2D eigenvalue weighted by atomic mass is 16.6. The zero-order chi connectivity index (χ0) is 27.8. The molecule has 0 bridgehead atoms. The van der Waals surface area contributed by atoms with Gasteiger partial charge in [0.1, 0.15) is 11.6 Å². The molecule has 38 heavy (non-hydrogen) atoms. The van der Waals surface area contributed by atoms with E-state index in [-0.39, 0.29) is 31.1 Å². The van der Waals surface area contributed by atoms with Crippen LogP contribution in [0.4, 0.5) is 0 Å². The van der Waals surface area contributed by atoms with Crippen molar-refractivity contribution in [2.24, 2.45) is 12.8 Å². The average molecular weight is 517 g/mol. The van der Waals surface area contributed by atoms with Gasteiger partial charge in [-0.15, -0.1) is 0 Å². The van der Waals surface area contributed by atoms with Crippen molar-refractivity contribution in [2.45, 2.75) is 58.7 Å². The number of amides is 2. The van der Waals surface area contributed by atoms with Gasteiger partial charge in [-0.3, -0.25) is 19.2 Å². The molecule has 9 nitrogen and oxygen atoms in total. The number of ketones is 1. The number of hydrogen-bond donors (Lipinski definition) is 1. The molecule has 0 aliphatic carbocycles. The smallest absolute Gasteiger partial charge is 0.306 e. The number of carbonyl (C=O) groups excluding carboxylic acids is 4. The largest absolute Gasteiger partial charge is 0.460 e. The molecule has 1 unspecified atom stereocenters. The van der Waals surface area contributed by atoms with Gasteiger partial charge >= 0.3 is 5.97 Å². The van der Waals surface area contributed by atoms with Gasteiger partial charge in [0.15, 0.2) is 5.78 Å². The van der Waals surface area contributed by atoms with Crippen LogP contribution < -0.4 is 5.73 Å². The lowest BCUT2D eigenvalue weighted by atomic mass is 9.99. The topological polar surface area (TPSA) is 125 Å². The quantitative estimate of drug-likeness (QED) is 0.358. The summed E-state index contributed by atoms with van der Waals surface area (Å²) in [5.74, 6) is -1.46. The molecule has 1 aliphatic heterocycles. The number of aromatic nitrogens is 2. The number of Topliss-reactive ketones (excluding diaryl/α,β-unsaturated/α-hetero) is 1. The van der Waals surface area contributed by atoms with Crippen LogP contribution in [-0.4, -0.2) is 49.7 Å². The fraction of sp³-hybridized carbons (Fsp3) is 0.345. The first-order valence-electron chi connectivity index (χ1n) is 12.4. The Morgan fingerprint density at radius 3 is 2.50 bits per heavy atom. The zero-order valence-electron chi connectivity index (χ0n) is 22.3. The molecule has 1 aliphatic rings. The molecule has 4 rings (SSSR count). The maximum Gasteiger partial charge on any atom is 0.306 e. The standard InChI is InChI=1S/C29H32N4O5/c1-17(34)18-7-6-8-20(13-18)26-25(31-16-32(26)5)19-9-10-22-21(14-19)15-33(28(22)37)23(27(30)36)11-12-24(35)38-29(2,3)4/h6-10,13-14,16,23H,11-12,15H2,1-5H3,(H2,30,36). The van der Waals surface area contributed by atoms with Crippen LogP contribution in [0.25, 0.3) is 22.5 Å². The number of nitrogens with zero attached hydrogens (tertiary/aromatic N) is 3. The van der Waals surface area contributed by atoms with Crippen LogP contribution in [0.15, 0.2) is 48.8 Å². The summed E-state index contributed by atoms with van der Waals surface area (Å²) in [4.78, 5) is 55.6. The first-order valence-corrected chi connectivity index (χ1v) is 12.4. The summed E-state index contributed by atoms with van der Waals surface area (Å²) >= 11 is 0. The van der Waals surface area contributed by atoms with E-state index in [1.54, 1.807) is 39.2 Å². The number of fused-ring (bicyclic) bond motifs is 1. The second-order valence-electron chi connectivity index (χ2n) is 10.5. The summed E-state index contributed by atoms with van der Waals surface area (Å²) < 4.78 is 7.22. The molecule has 2 amide bonds. The zero-order valence-corrected chi connectivity index (χ0v) is 22.3. The van der Waals surface area contributed by atoms with Crippen LogP contribution in [0, 0.1) is 0 Å². The summed E-state index contributed by atoms with van der Waals surface area (Å²) in [5.41, 5.74) is 10.0. The van der Waals surface area contributed by atoms with E-state index >= 15 is 0 Å². The molecule has 0 fully saturated rings. The molecule has 9 heteroatoms. The van der Waals surface area contributed by atoms with E-state index in [9.17, 15) is 19.2 Å². The van der Waals surface area contributed by atoms with E-state index < -0.39 is 23.5 Å². The van der Waals surface area contributed by atoms with E-state index in [1.165, 1.54) is 11.8 Å². The second-order valence-corrected chi connectivity index (χ2v) is 10.5. The normalized spacial score (nSPS) is 13.8. The lowest BCUT2D eigenvalue weighted by Gasteiger charge is -2.25. The second kappa shape index (κ2) is 10.2. The Labute approximate surface area is 221 Å². The Kier molecular flexibility index (Phi) is 7.22. The molecular formula is C29H32N4O5. The summed E-state index contributed by atoms with van der Waals surface area (Å²) in [6.07, 6.45) is 1.75. The van der Waals surface area contributed by atoms with E-state index in [0.717, 1.165) is 22.4 Å². The van der Waals surface area contributed by atoms with Crippen molar-refractivity contribution in [1.29, 1.82) is 0 Å². The van der Waals surface area contributed by atoms with Crippen LogP contribution in [0.2, 0.25) is 0 Å². The third-order valence-electron chi connectivity index (χ3n) is 6.44. The number of esters is 1. The average Bonchev–Trinajstić information content (AvgIpc) is 3.37. The number of rotatable bonds is 8. The molecule has 2 heterocycles. The molecule has 0 saturated carbocycles. The van der Waals surface area contributed by atoms with Crippen LogP contribution in [-0.2, 0) is 27.9 Å². The van der Waals surface area contributed by atoms with Crippen molar-refractivity contribution < 1.29 is 23.9 Å². The van der Waals surface area contributed by atoms with Crippen molar-refractivity contribution in [1.82, 2.24) is 14.5 Å². The van der Waals surface area contributed by atoms with Gasteiger partial charge in [-0.1, -0.05) is 24.3 Å². The van der Waals surface area contributed by atoms with Crippen LogP contribution in [0.3, 0.4) is 0 Å². The van der Waals surface area contributed by atoms with Gasteiger partial charge < -0.3 is 19.9 Å². The Hall–Kier alpha value is -4.27. The van der Waals surface area contributed by atoms with Gasteiger partial charge in [-0.25, -0.2) is 4.98 Å². The minimum atomic E-state index is -0.939. The van der Waals surface area contributed by atoms with Crippen LogP contribution in [0.5, 0.6) is 0 Å². The lowest BCUT2D eigenvalue weighted by molar-refractivity contribution is -0.155. The molecule has 1 aromatic heterocycles. The number of carbonyl (C=O) groups is 4. The molecular weight excluding hydrogens is 484 g/mol. The molecule has 198 valence electrons. The van der Waals surface area contributed by atoms with Gasteiger partial charge in [-0.05, 0) is 57.9 Å². The number of nitrogens with two attached hydrogens (primary N) is 1. The fourth-order valence-electron chi connectivity index (χ4n) is 4.71. The SMILES string of the molecule is CC(=O)c1cccc(-c2c(-c3ccc4c(c3)CN(C(CCC(=O)OC(C)(C)C)C(N)=O)C4=O)ncn2C)c1. The number of ether oxygens (including phenoxy) is 1. The van der Waals surface area contributed by atoms with E-state index in [0.29, 0.717) is 16.8 Å². The highest BCUT2D eigenvalue weighted by Gasteiger charge is 2.36. The first-order chi connectivity index (χ1) is 17.9. The molecule has 1 atom stereocenters. The molecule has 0 radical (unpaired) electrons. The minimum Gasteiger partial charge on any atom is -0.460 e. The van der Waals surface area contributed by atoms with Gasteiger partial charge in [-0.2, -0.15) is 0 Å². The summed E-state index contributed by atoms with van der Waals surface area (Å²) in [6, 6.07) is 11.9. The first kappa shape index (κ1) is 26.8. The summed E-state index contributed by atoms with van der Waals surface area (Å²) in [5, 5.41) is 0. The van der Waals surface area contributed by atoms with Gasteiger partial charge in [0.25, 0.3) is 5.91 Å². The molecule has 2 N–H and O–H groups in total. The highest BCUT2D eigenvalue weighted by molar-refractivity contribution is 6.02. The number of hydrogen-bond acceptors (Lipinski definition) is 6. The number of benzene rings is 2. The molecule has 2 aromatic carbocycles. The number of imidazole rings is 1. The lowest BCUT2D eigenvalue weighted by Crippen LogP contribution is -2.45. The van der Waals surface area contributed by atoms with Gasteiger partial charge in [0, 0.05) is 42.3 Å². The maximum absolute atomic E-state index is 13.2. The Morgan fingerprint density at radius 1 is 1.11 bits per heavy atom. The molecule has 0 spiro atoms. The van der Waals surface area contributed by atoms with Gasteiger partial charge in [0.2, 0.25) is 5.91 Å². The summed E-state index contributed by atoms with van der Waals surface area (Å²) in [6.45, 7) is 7.01. The third kappa shape index (κ3) is 5.51. The van der Waals surface area contributed by atoms with Crippen molar-refractivity contribution in [3.8, 4) is 22.5 Å². The number of aryl methyl sites for hydroxylation is 1. The van der Waals surface area contributed by atoms with Crippen molar-refractivity contribution in [3.63, 3.8) is 0 Å². The van der Waals surface area contributed by atoms with E-state index in [2.05, 4.69) is 4.98 Å². The monoisotopic (exact) mass is 516 g/mol. The number of primary amides is 1. The van der Waals surface area contributed by atoms with Crippen molar-refractivity contribution in [3.05, 3.63) is 65.5 Å². The van der Waals surface area contributed by atoms with Crippen LogP contribution in [0.1, 0.15) is 66.8 Å².